The fourth-order valence-corrected chi connectivity index (χ4v) is 5.63. The van der Waals surface area contributed by atoms with Crippen molar-refractivity contribution in [3.8, 4) is 0 Å². The van der Waals surface area contributed by atoms with Crippen LogP contribution in [0.25, 0.3) is 0 Å². The van der Waals surface area contributed by atoms with Gasteiger partial charge in [0.2, 0.25) is 0 Å². The first-order chi connectivity index (χ1) is 14.4. The summed E-state index contributed by atoms with van der Waals surface area (Å²) in [5.74, 6) is -0.175. The summed E-state index contributed by atoms with van der Waals surface area (Å²) < 4.78 is 27.8. The predicted octanol–water partition coefficient (Wildman–Crippen LogP) is 4.32. The van der Waals surface area contributed by atoms with Gasteiger partial charge in [0, 0.05) is 11.6 Å². The van der Waals surface area contributed by atoms with E-state index in [1.807, 2.05) is 44.2 Å². The van der Waals surface area contributed by atoms with E-state index in [-0.39, 0.29) is 22.9 Å². The fourth-order valence-electron chi connectivity index (χ4n) is 3.92. The molecule has 4 rings (SSSR count). The molecule has 5 nitrogen and oxygen atoms in total. The monoisotopic (exact) mass is 420 g/mol. The van der Waals surface area contributed by atoms with Gasteiger partial charge in [-0.3, -0.25) is 9.10 Å². The lowest BCUT2D eigenvalue weighted by molar-refractivity contribution is 0.0940. The molecule has 6 heteroatoms. The summed E-state index contributed by atoms with van der Waals surface area (Å²) in [5, 5.41) is 3.01. The molecule has 3 aromatic rings. The van der Waals surface area contributed by atoms with Crippen molar-refractivity contribution in [2.75, 3.05) is 4.31 Å². The van der Waals surface area contributed by atoms with Crippen molar-refractivity contribution in [2.24, 2.45) is 0 Å². The largest absolute Gasteiger partial charge is 0.346 e. The van der Waals surface area contributed by atoms with Gasteiger partial charge < -0.3 is 5.32 Å². The second-order valence-electron chi connectivity index (χ2n) is 7.62. The van der Waals surface area contributed by atoms with Crippen LogP contribution in [0.15, 0.2) is 83.8 Å². The Balaban J connectivity index is 1.59. The second-order valence-corrected chi connectivity index (χ2v) is 9.43. The lowest BCUT2D eigenvalue weighted by atomic mass is 10.0. The van der Waals surface area contributed by atoms with Crippen LogP contribution in [0, 0.1) is 0 Å². The minimum Gasteiger partial charge on any atom is -0.346 e. The molecule has 0 spiro atoms. The molecular weight excluding hydrogens is 396 g/mol. The van der Waals surface area contributed by atoms with E-state index in [0.29, 0.717) is 17.7 Å². The quantitative estimate of drug-likeness (QED) is 0.669. The van der Waals surface area contributed by atoms with Gasteiger partial charge in [-0.1, -0.05) is 48.5 Å². The number of sulfonamides is 1. The summed E-state index contributed by atoms with van der Waals surface area (Å²) in [5.41, 5.74) is 3.06. The molecule has 0 bridgehead atoms. The van der Waals surface area contributed by atoms with E-state index in [1.165, 1.54) is 4.31 Å². The van der Waals surface area contributed by atoms with Crippen LogP contribution in [0.3, 0.4) is 0 Å². The lowest BCUT2D eigenvalue weighted by Gasteiger charge is -2.24. The van der Waals surface area contributed by atoms with E-state index in [4.69, 9.17) is 0 Å². The number of carbonyl (C=O) groups excluding carboxylic acids is 1. The van der Waals surface area contributed by atoms with E-state index in [0.717, 1.165) is 11.1 Å². The molecule has 0 unspecified atom stereocenters. The lowest BCUT2D eigenvalue weighted by Crippen LogP contribution is -2.35. The maximum atomic E-state index is 13.2. The first-order valence-electron chi connectivity index (χ1n) is 9.96. The Kier molecular flexibility index (Phi) is 5.35. The van der Waals surface area contributed by atoms with Crippen molar-refractivity contribution in [3.63, 3.8) is 0 Å². The van der Waals surface area contributed by atoms with E-state index in [9.17, 15) is 13.2 Å². The van der Waals surface area contributed by atoms with Gasteiger partial charge in [0.1, 0.15) is 0 Å². The van der Waals surface area contributed by atoms with Crippen LogP contribution < -0.4 is 9.62 Å². The average molecular weight is 421 g/mol. The molecule has 154 valence electrons. The van der Waals surface area contributed by atoms with Crippen molar-refractivity contribution in [1.82, 2.24) is 5.32 Å². The predicted molar refractivity (Wildman–Crippen MR) is 118 cm³/mol. The number of nitrogens with zero attached hydrogens (tertiary/aromatic N) is 1. The van der Waals surface area contributed by atoms with Crippen LogP contribution in [0.4, 0.5) is 5.69 Å². The van der Waals surface area contributed by atoms with Crippen molar-refractivity contribution >= 4 is 21.6 Å². The van der Waals surface area contributed by atoms with E-state index in [1.54, 1.807) is 48.5 Å². The van der Waals surface area contributed by atoms with Crippen molar-refractivity contribution in [1.29, 1.82) is 0 Å². The second kappa shape index (κ2) is 7.95. The van der Waals surface area contributed by atoms with Gasteiger partial charge in [-0.2, -0.15) is 0 Å². The SMILES string of the molecule is C[C@H](NC(=O)c1ccc2c(c1)C[C@H](C)N2S(=O)(=O)c1ccccc1)c1ccccc1. The minimum absolute atomic E-state index is 0.124. The molecule has 0 fully saturated rings. The Bertz CT molecular complexity index is 1160. The van der Waals surface area contributed by atoms with E-state index >= 15 is 0 Å². The number of anilines is 1. The van der Waals surface area contributed by atoms with Crippen LogP contribution in [0.5, 0.6) is 0 Å². The van der Waals surface area contributed by atoms with Crippen LogP contribution in [-0.4, -0.2) is 20.4 Å². The standard InChI is InChI=1S/C24H24N2O3S/c1-17-15-21-16-20(24(27)25-18(2)19-9-5-3-6-10-19)13-14-23(21)26(17)30(28,29)22-11-7-4-8-12-22/h3-14,16-18H,15H2,1-2H3,(H,25,27)/t17-,18-/m0/s1. The van der Waals surface area contributed by atoms with Gasteiger partial charge in [0.05, 0.1) is 16.6 Å². The van der Waals surface area contributed by atoms with Crippen molar-refractivity contribution < 1.29 is 13.2 Å². The van der Waals surface area contributed by atoms with Crippen molar-refractivity contribution in [3.05, 3.63) is 95.6 Å². The molecule has 3 aromatic carbocycles. The molecule has 30 heavy (non-hydrogen) atoms. The van der Waals surface area contributed by atoms with Crippen molar-refractivity contribution in [2.45, 2.75) is 37.2 Å². The highest BCUT2D eigenvalue weighted by molar-refractivity contribution is 7.92. The smallest absolute Gasteiger partial charge is 0.264 e. The number of nitrogens with one attached hydrogen (secondary N) is 1. The molecule has 0 aromatic heterocycles. The molecule has 1 N–H and O–H groups in total. The number of hydrogen-bond donors (Lipinski definition) is 1. The van der Waals surface area contributed by atoms with E-state index < -0.39 is 10.0 Å². The van der Waals surface area contributed by atoms with Gasteiger partial charge in [-0.15, -0.1) is 0 Å². The number of fused-ring (bicyclic) bond motifs is 1. The van der Waals surface area contributed by atoms with Crippen LogP contribution >= 0.6 is 0 Å². The average Bonchev–Trinajstić information content (AvgIpc) is 3.10. The maximum absolute atomic E-state index is 13.2. The summed E-state index contributed by atoms with van der Waals surface area (Å²) in [7, 11) is -3.66. The molecule has 1 heterocycles. The van der Waals surface area contributed by atoms with Gasteiger partial charge in [0.25, 0.3) is 15.9 Å². The van der Waals surface area contributed by atoms with Gasteiger partial charge >= 0.3 is 0 Å². The Labute approximate surface area is 177 Å². The minimum atomic E-state index is -3.66. The Morgan fingerprint density at radius 3 is 2.30 bits per heavy atom. The summed E-state index contributed by atoms with van der Waals surface area (Å²) in [4.78, 5) is 13.0. The fraction of sp³-hybridized carbons (Fsp3) is 0.208. The molecule has 0 aliphatic carbocycles. The molecule has 1 amide bonds. The Morgan fingerprint density at radius 1 is 1.00 bits per heavy atom. The van der Waals surface area contributed by atoms with Gasteiger partial charge in [-0.05, 0) is 61.7 Å². The zero-order valence-corrected chi connectivity index (χ0v) is 17.8. The Morgan fingerprint density at radius 2 is 1.63 bits per heavy atom. The number of rotatable bonds is 5. The molecule has 0 saturated carbocycles. The summed E-state index contributed by atoms with van der Waals surface area (Å²) in [6, 6.07) is 23.1. The normalized spacial score (nSPS) is 16.7. The van der Waals surface area contributed by atoms with E-state index in [2.05, 4.69) is 5.32 Å². The summed E-state index contributed by atoms with van der Waals surface area (Å²) in [6.45, 7) is 3.83. The molecule has 1 aliphatic heterocycles. The molecule has 0 radical (unpaired) electrons. The number of hydrogen-bond acceptors (Lipinski definition) is 3. The first kappa shape index (κ1) is 20.2. The molecule has 1 aliphatic rings. The third-order valence-electron chi connectivity index (χ3n) is 5.44. The first-order valence-corrected chi connectivity index (χ1v) is 11.4. The zero-order valence-electron chi connectivity index (χ0n) is 16.9. The van der Waals surface area contributed by atoms with Gasteiger partial charge in [0.15, 0.2) is 0 Å². The maximum Gasteiger partial charge on any atom is 0.264 e. The highest BCUT2D eigenvalue weighted by Gasteiger charge is 2.36. The third kappa shape index (κ3) is 3.71. The summed E-state index contributed by atoms with van der Waals surface area (Å²) >= 11 is 0. The number of amides is 1. The zero-order chi connectivity index (χ0) is 21.3. The number of carbonyl (C=O) groups is 1. The molecule has 2 atom stereocenters. The molecule has 0 saturated heterocycles. The topological polar surface area (TPSA) is 66.5 Å². The Hall–Kier alpha value is -3.12. The van der Waals surface area contributed by atoms with Crippen LogP contribution in [-0.2, 0) is 16.4 Å². The highest BCUT2D eigenvalue weighted by atomic mass is 32.2. The number of benzene rings is 3. The highest BCUT2D eigenvalue weighted by Crippen LogP contribution is 2.37. The van der Waals surface area contributed by atoms with Crippen LogP contribution in [0.1, 0.15) is 41.4 Å². The summed E-state index contributed by atoms with van der Waals surface area (Å²) in [6.07, 6.45) is 0.566. The van der Waals surface area contributed by atoms with Crippen LogP contribution in [0.2, 0.25) is 0 Å². The molecular formula is C24H24N2O3S. The van der Waals surface area contributed by atoms with Gasteiger partial charge in [-0.25, -0.2) is 8.42 Å². The third-order valence-corrected chi connectivity index (χ3v) is 7.38.